The van der Waals surface area contributed by atoms with Gasteiger partial charge in [-0.3, -0.25) is 14.2 Å². The van der Waals surface area contributed by atoms with Gasteiger partial charge in [0.05, 0.1) is 11.9 Å². The Bertz CT molecular complexity index is 782. The molecule has 1 amide bonds. The van der Waals surface area contributed by atoms with Gasteiger partial charge in [0.25, 0.3) is 5.91 Å². The van der Waals surface area contributed by atoms with Crippen LogP contribution in [0.15, 0.2) is 15.8 Å². The summed E-state index contributed by atoms with van der Waals surface area (Å²) in [6.07, 6.45) is 1.23. The molecule has 2 rings (SSSR count). The summed E-state index contributed by atoms with van der Waals surface area (Å²) in [7, 11) is 2.69. The number of hydrogen-bond donors (Lipinski definition) is 2. The van der Waals surface area contributed by atoms with Crippen molar-refractivity contribution in [3.05, 3.63) is 32.7 Å². The maximum atomic E-state index is 11.9. The minimum atomic E-state index is -0.821. The summed E-state index contributed by atoms with van der Waals surface area (Å²) in [6.45, 7) is 0. The van der Waals surface area contributed by atoms with Crippen LogP contribution in [0, 0.1) is 0 Å². The Morgan fingerprint density at radius 3 is 2.42 bits per heavy atom. The van der Waals surface area contributed by atoms with Crippen molar-refractivity contribution in [3.8, 4) is 5.82 Å². The number of nitrogens with zero attached hydrogens (tertiary/aromatic N) is 5. The molecule has 0 atom stereocenters. The first-order valence-corrected chi connectivity index (χ1v) is 5.12. The second-order valence-electron chi connectivity index (χ2n) is 3.84. The van der Waals surface area contributed by atoms with E-state index in [9.17, 15) is 14.4 Å². The van der Waals surface area contributed by atoms with Crippen LogP contribution in [0.25, 0.3) is 5.82 Å². The second-order valence-corrected chi connectivity index (χ2v) is 3.84. The number of carbonyl (C=O) groups is 1. The fourth-order valence-corrected chi connectivity index (χ4v) is 1.51. The van der Waals surface area contributed by atoms with E-state index in [0.29, 0.717) is 0 Å². The van der Waals surface area contributed by atoms with Gasteiger partial charge in [-0.1, -0.05) is 0 Å². The average molecular weight is 265 g/mol. The summed E-state index contributed by atoms with van der Waals surface area (Å²) in [4.78, 5) is 34.4. The van der Waals surface area contributed by atoms with Gasteiger partial charge in [0.2, 0.25) is 5.82 Å². The van der Waals surface area contributed by atoms with E-state index in [1.165, 1.54) is 20.3 Å². The summed E-state index contributed by atoms with van der Waals surface area (Å²) in [5, 5.41) is 7.56. The molecule has 100 valence electrons. The number of carbonyl (C=O) groups excluding carboxylic acids is 1. The quantitative estimate of drug-likeness (QED) is 0.606. The molecule has 2 heterocycles. The lowest BCUT2D eigenvalue weighted by Crippen LogP contribution is -2.40. The van der Waals surface area contributed by atoms with Crippen LogP contribution in [0.2, 0.25) is 0 Å². The topological polar surface area (TPSA) is 144 Å². The van der Waals surface area contributed by atoms with Crippen LogP contribution in [0.4, 0.5) is 5.69 Å². The van der Waals surface area contributed by atoms with Gasteiger partial charge in [0.1, 0.15) is 0 Å². The first-order valence-electron chi connectivity index (χ1n) is 5.12. The van der Waals surface area contributed by atoms with Crippen molar-refractivity contribution in [2.75, 3.05) is 5.73 Å². The van der Waals surface area contributed by atoms with E-state index in [-0.39, 0.29) is 17.2 Å². The highest BCUT2D eigenvalue weighted by molar-refractivity contribution is 5.95. The van der Waals surface area contributed by atoms with Crippen molar-refractivity contribution in [2.24, 2.45) is 19.8 Å². The van der Waals surface area contributed by atoms with Gasteiger partial charge in [0, 0.05) is 14.1 Å². The minimum Gasteiger partial charge on any atom is -0.396 e. The van der Waals surface area contributed by atoms with Gasteiger partial charge in [-0.05, 0) is 0 Å². The molecule has 0 aromatic carbocycles. The van der Waals surface area contributed by atoms with Crippen LogP contribution in [-0.4, -0.2) is 30.0 Å². The average Bonchev–Trinajstić information content (AvgIpc) is 2.73. The third kappa shape index (κ3) is 1.88. The zero-order valence-electron chi connectivity index (χ0n) is 10.2. The third-order valence-corrected chi connectivity index (χ3v) is 2.50. The Morgan fingerprint density at radius 2 is 1.89 bits per heavy atom. The van der Waals surface area contributed by atoms with E-state index in [2.05, 4.69) is 10.2 Å². The van der Waals surface area contributed by atoms with Crippen molar-refractivity contribution in [1.82, 2.24) is 24.1 Å². The Hall–Kier alpha value is -2.91. The standard InChI is InChI=1S/C9H11N7O3/c1-14-8(18)7(13-15(2)9(14)19)16-3-4(10)5(12-16)6(11)17/h3H,10H2,1-2H3,(H2,11,17). The Kier molecular flexibility index (Phi) is 2.70. The molecular weight excluding hydrogens is 254 g/mol. The van der Waals surface area contributed by atoms with Crippen LogP contribution >= 0.6 is 0 Å². The number of rotatable bonds is 2. The molecule has 0 fully saturated rings. The number of nitrogen functional groups attached to an aromatic ring is 1. The molecule has 0 unspecified atom stereocenters. The van der Waals surface area contributed by atoms with Crippen molar-refractivity contribution in [3.63, 3.8) is 0 Å². The molecule has 10 nitrogen and oxygen atoms in total. The van der Waals surface area contributed by atoms with E-state index < -0.39 is 17.2 Å². The lowest BCUT2D eigenvalue weighted by atomic mass is 10.4. The van der Waals surface area contributed by atoms with Crippen LogP contribution in [0.5, 0.6) is 0 Å². The molecule has 0 saturated heterocycles. The van der Waals surface area contributed by atoms with Crippen molar-refractivity contribution in [2.45, 2.75) is 0 Å². The summed E-state index contributed by atoms with van der Waals surface area (Å²) < 4.78 is 2.85. The predicted molar refractivity (Wildman–Crippen MR) is 64.8 cm³/mol. The van der Waals surface area contributed by atoms with Crippen molar-refractivity contribution >= 4 is 11.6 Å². The van der Waals surface area contributed by atoms with E-state index >= 15 is 0 Å². The van der Waals surface area contributed by atoms with E-state index in [1.807, 2.05) is 0 Å². The third-order valence-electron chi connectivity index (χ3n) is 2.50. The lowest BCUT2D eigenvalue weighted by Gasteiger charge is -2.04. The highest BCUT2D eigenvalue weighted by Gasteiger charge is 2.16. The molecular formula is C9H11N7O3. The number of nitrogens with two attached hydrogens (primary N) is 2. The number of primary amides is 1. The molecule has 0 bridgehead atoms. The first-order chi connectivity index (χ1) is 8.82. The largest absolute Gasteiger partial charge is 0.396 e. The van der Waals surface area contributed by atoms with Crippen molar-refractivity contribution in [1.29, 1.82) is 0 Å². The van der Waals surface area contributed by atoms with Crippen LogP contribution in [-0.2, 0) is 14.1 Å². The van der Waals surface area contributed by atoms with Gasteiger partial charge in [-0.2, -0.15) is 5.10 Å². The number of amides is 1. The summed E-state index contributed by atoms with van der Waals surface area (Å²) in [5.74, 6) is -0.985. The smallest absolute Gasteiger partial charge is 0.346 e. The van der Waals surface area contributed by atoms with Crippen LogP contribution in [0.1, 0.15) is 10.5 Å². The Morgan fingerprint density at radius 1 is 1.26 bits per heavy atom. The molecule has 0 radical (unpaired) electrons. The summed E-state index contributed by atoms with van der Waals surface area (Å²) in [6, 6.07) is 0. The fourth-order valence-electron chi connectivity index (χ4n) is 1.51. The molecule has 0 aliphatic heterocycles. The monoisotopic (exact) mass is 265 g/mol. The second kappa shape index (κ2) is 4.08. The number of aryl methyl sites for hydroxylation is 1. The maximum absolute atomic E-state index is 11.9. The zero-order valence-corrected chi connectivity index (χ0v) is 10.2. The molecule has 19 heavy (non-hydrogen) atoms. The molecule has 0 saturated carbocycles. The molecule has 0 aliphatic carbocycles. The predicted octanol–water partition coefficient (Wildman–Crippen LogP) is -2.65. The Labute approximate surface area is 105 Å². The highest BCUT2D eigenvalue weighted by atomic mass is 16.2. The molecule has 2 aromatic heterocycles. The molecule has 0 spiro atoms. The SMILES string of the molecule is Cn1nc(-n2cc(N)c(C(N)=O)n2)c(=O)n(C)c1=O. The molecule has 4 N–H and O–H groups in total. The van der Waals surface area contributed by atoms with E-state index in [4.69, 9.17) is 11.5 Å². The zero-order chi connectivity index (χ0) is 14.3. The van der Waals surface area contributed by atoms with Crippen LogP contribution < -0.4 is 22.7 Å². The number of hydrogen-bond acceptors (Lipinski definition) is 6. The Balaban J connectivity index is 2.73. The van der Waals surface area contributed by atoms with Crippen molar-refractivity contribution < 1.29 is 4.79 Å². The van der Waals surface area contributed by atoms with Gasteiger partial charge >= 0.3 is 11.2 Å². The van der Waals surface area contributed by atoms with Gasteiger partial charge < -0.3 is 11.5 Å². The normalized spacial score (nSPS) is 10.6. The molecule has 2 aromatic rings. The summed E-state index contributed by atoms with van der Waals surface area (Å²) >= 11 is 0. The maximum Gasteiger partial charge on any atom is 0.346 e. The fraction of sp³-hybridized carbons (Fsp3) is 0.222. The number of aromatic nitrogens is 5. The lowest BCUT2D eigenvalue weighted by molar-refractivity contribution is 0.0996. The van der Waals surface area contributed by atoms with Gasteiger partial charge in [0.15, 0.2) is 5.69 Å². The van der Waals surface area contributed by atoms with E-state index in [0.717, 1.165) is 13.9 Å². The summed E-state index contributed by atoms with van der Waals surface area (Å²) in [5.41, 5.74) is 9.23. The first kappa shape index (κ1) is 12.5. The van der Waals surface area contributed by atoms with Gasteiger partial charge in [-0.25, -0.2) is 14.2 Å². The minimum absolute atomic E-state index is 0.0187. The van der Waals surface area contributed by atoms with E-state index in [1.54, 1.807) is 0 Å². The van der Waals surface area contributed by atoms with Gasteiger partial charge in [-0.15, -0.1) is 5.10 Å². The number of anilines is 1. The van der Waals surface area contributed by atoms with Crippen LogP contribution in [0.3, 0.4) is 0 Å². The molecule has 10 heteroatoms. The molecule has 0 aliphatic rings. The highest BCUT2D eigenvalue weighted by Crippen LogP contribution is 2.09.